The molecule has 0 aromatic heterocycles. The van der Waals surface area contributed by atoms with Gasteiger partial charge in [0.2, 0.25) is 5.91 Å². The normalized spacial score (nSPS) is 20.8. The van der Waals surface area contributed by atoms with E-state index in [9.17, 15) is 14.0 Å². The van der Waals surface area contributed by atoms with Gasteiger partial charge < -0.3 is 14.5 Å². The van der Waals surface area contributed by atoms with Gasteiger partial charge in [-0.2, -0.15) is 0 Å². The first-order valence-electron chi connectivity index (χ1n) is 12.1. The predicted molar refractivity (Wildman–Crippen MR) is 133 cm³/mol. The molecule has 1 atom stereocenters. The lowest BCUT2D eigenvalue weighted by molar-refractivity contribution is -0.141. The number of halogens is 1. The summed E-state index contributed by atoms with van der Waals surface area (Å²) in [6, 6.07) is 25.8. The summed E-state index contributed by atoms with van der Waals surface area (Å²) in [5.74, 6) is -0.746. The van der Waals surface area contributed by atoms with Crippen LogP contribution in [0.4, 0.5) is 10.1 Å². The minimum atomic E-state index is -0.522. The third-order valence-corrected chi connectivity index (χ3v) is 7.11. The fourth-order valence-corrected chi connectivity index (χ4v) is 5.21. The van der Waals surface area contributed by atoms with Crippen LogP contribution in [-0.4, -0.2) is 48.6 Å². The highest BCUT2D eigenvalue weighted by Gasteiger charge is 2.42. The Balaban J connectivity index is 1.35. The largest absolute Gasteiger partial charge is 0.363 e. The molecule has 2 saturated heterocycles. The van der Waals surface area contributed by atoms with E-state index in [1.54, 1.807) is 17.0 Å². The maximum Gasteiger partial charge on any atom is 0.253 e. The van der Waals surface area contributed by atoms with Crippen molar-refractivity contribution in [1.82, 2.24) is 4.90 Å². The third-order valence-electron chi connectivity index (χ3n) is 7.11. The molecular formula is C29H29FN2O3. The van der Waals surface area contributed by atoms with Crippen LogP contribution in [0.1, 0.15) is 36.3 Å². The summed E-state index contributed by atoms with van der Waals surface area (Å²) < 4.78 is 19.5. The van der Waals surface area contributed by atoms with Crippen molar-refractivity contribution in [2.45, 2.75) is 30.8 Å². The number of morpholine rings is 1. The number of hydrogen-bond donors (Lipinski definition) is 0. The first kappa shape index (κ1) is 23.2. The van der Waals surface area contributed by atoms with Gasteiger partial charge in [-0.15, -0.1) is 0 Å². The number of amides is 2. The van der Waals surface area contributed by atoms with Gasteiger partial charge in [0, 0.05) is 18.8 Å². The van der Waals surface area contributed by atoms with Crippen LogP contribution < -0.4 is 4.90 Å². The highest BCUT2D eigenvalue weighted by Crippen LogP contribution is 2.34. The molecule has 5 rings (SSSR count). The molecule has 2 amide bonds. The van der Waals surface area contributed by atoms with Crippen molar-refractivity contribution in [2.75, 3.05) is 31.1 Å². The number of carbonyl (C=O) groups excluding carboxylic acids is 2. The van der Waals surface area contributed by atoms with E-state index >= 15 is 0 Å². The number of hydrogen-bond acceptors (Lipinski definition) is 3. The molecule has 3 aromatic rings. The van der Waals surface area contributed by atoms with Gasteiger partial charge in [-0.3, -0.25) is 9.59 Å². The number of ether oxygens (including phenoxy) is 1. The van der Waals surface area contributed by atoms with Crippen LogP contribution in [0.5, 0.6) is 0 Å². The van der Waals surface area contributed by atoms with Crippen LogP contribution in [0.3, 0.4) is 0 Å². The summed E-state index contributed by atoms with van der Waals surface area (Å²) >= 11 is 0. The molecule has 2 aliphatic heterocycles. The quantitative estimate of drug-likeness (QED) is 0.550. The van der Waals surface area contributed by atoms with Gasteiger partial charge >= 0.3 is 0 Å². The standard InChI is InChI=1S/C29H29FN2O3/c30-24-12-14-25(15-13-24)32-21-29(35-20-26(32)33)16-7-18-31(19-17-29)28(34)27(22-8-3-1-4-9-22)23-10-5-2-6-11-23/h1-6,8-15,27H,7,16-21H2/t29-/m0/s1. The predicted octanol–water partition coefficient (Wildman–Crippen LogP) is 4.77. The van der Waals surface area contributed by atoms with Gasteiger partial charge in [0.1, 0.15) is 12.4 Å². The van der Waals surface area contributed by atoms with Crippen molar-refractivity contribution in [3.8, 4) is 0 Å². The van der Waals surface area contributed by atoms with Crippen LogP contribution in [-0.2, 0) is 14.3 Å². The summed E-state index contributed by atoms with van der Waals surface area (Å²) in [6.07, 6.45) is 2.18. The Morgan fingerprint density at radius 3 is 2.11 bits per heavy atom. The molecule has 5 nitrogen and oxygen atoms in total. The topological polar surface area (TPSA) is 49.9 Å². The number of likely N-dealkylation sites (tertiary alicyclic amines) is 1. The molecule has 2 fully saturated rings. The zero-order valence-electron chi connectivity index (χ0n) is 19.6. The average Bonchev–Trinajstić information content (AvgIpc) is 3.10. The monoisotopic (exact) mass is 472 g/mol. The molecule has 35 heavy (non-hydrogen) atoms. The Labute approximate surface area is 205 Å². The summed E-state index contributed by atoms with van der Waals surface area (Å²) in [4.78, 5) is 30.1. The van der Waals surface area contributed by atoms with E-state index in [2.05, 4.69) is 0 Å². The Morgan fingerprint density at radius 2 is 1.49 bits per heavy atom. The second kappa shape index (κ2) is 10.0. The van der Waals surface area contributed by atoms with Crippen molar-refractivity contribution < 1.29 is 18.7 Å². The number of rotatable bonds is 4. The average molecular weight is 473 g/mol. The Bertz CT molecular complexity index is 1130. The minimum Gasteiger partial charge on any atom is -0.363 e. The summed E-state index contributed by atoms with van der Waals surface area (Å²) in [6.45, 7) is 1.59. The van der Waals surface area contributed by atoms with E-state index < -0.39 is 5.60 Å². The molecule has 0 aliphatic carbocycles. The van der Waals surface area contributed by atoms with Crippen molar-refractivity contribution in [3.63, 3.8) is 0 Å². The maximum atomic E-state index is 13.9. The van der Waals surface area contributed by atoms with E-state index in [0.29, 0.717) is 31.7 Å². The van der Waals surface area contributed by atoms with Crippen molar-refractivity contribution in [2.24, 2.45) is 0 Å². The van der Waals surface area contributed by atoms with Gasteiger partial charge in [0.05, 0.1) is 18.1 Å². The van der Waals surface area contributed by atoms with Gasteiger partial charge in [-0.25, -0.2) is 4.39 Å². The van der Waals surface area contributed by atoms with Gasteiger partial charge in [-0.05, 0) is 54.7 Å². The fourth-order valence-electron chi connectivity index (χ4n) is 5.21. The molecule has 0 N–H and O–H groups in total. The minimum absolute atomic E-state index is 0.0119. The van der Waals surface area contributed by atoms with E-state index in [0.717, 1.165) is 24.0 Å². The SMILES string of the molecule is O=C(C(c1ccccc1)c1ccccc1)N1CCC[C@]2(CC1)CN(c1ccc(F)cc1)C(=O)CO2. The second-order valence-corrected chi connectivity index (χ2v) is 9.36. The lowest BCUT2D eigenvalue weighted by atomic mass is 9.90. The zero-order valence-corrected chi connectivity index (χ0v) is 19.6. The van der Waals surface area contributed by atoms with Crippen molar-refractivity contribution in [1.29, 1.82) is 0 Å². The first-order valence-corrected chi connectivity index (χ1v) is 12.1. The van der Waals surface area contributed by atoms with Gasteiger partial charge in [0.25, 0.3) is 5.91 Å². The molecular weight excluding hydrogens is 443 g/mol. The van der Waals surface area contributed by atoms with Crippen LogP contribution >= 0.6 is 0 Å². The fraction of sp³-hybridized carbons (Fsp3) is 0.310. The molecule has 0 radical (unpaired) electrons. The number of nitrogens with zero attached hydrogens (tertiary/aromatic N) is 2. The molecule has 180 valence electrons. The van der Waals surface area contributed by atoms with E-state index in [4.69, 9.17) is 4.74 Å². The van der Waals surface area contributed by atoms with Gasteiger partial charge in [-0.1, -0.05) is 60.7 Å². The number of carbonyl (C=O) groups is 2. The molecule has 0 bridgehead atoms. The lowest BCUT2D eigenvalue weighted by Crippen LogP contribution is -2.55. The molecule has 0 saturated carbocycles. The third kappa shape index (κ3) is 4.98. The number of benzene rings is 3. The lowest BCUT2D eigenvalue weighted by Gasteiger charge is -2.42. The Hall–Kier alpha value is -3.51. The molecule has 6 heteroatoms. The molecule has 0 unspecified atom stereocenters. The molecule has 3 aromatic carbocycles. The zero-order chi connectivity index (χ0) is 24.3. The van der Waals surface area contributed by atoms with Gasteiger partial charge in [0.15, 0.2) is 0 Å². The Kier molecular flexibility index (Phi) is 6.64. The molecule has 1 spiro atoms. The van der Waals surface area contributed by atoms with E-state index in [-0.39, 0.29) is 30.2 Å². The summed E-state index contributed by atoms with van der Waals surface area (Å²) in [5.41, 5.74) is 2.10. The van der Waals surface area contributed by atoms with Crippen LogP contribution in [0.25, 0.3) is 0 Å². The van der Waals surface area contributed by atoms with Crippen LogP contribution in [0.2, 0.25) is 0 Å². The van der Waals surface area contributed by atoms with Crippen molar-refractivity contribution in [3.05, 3.63) is 102 Å². The first-order chi connectivity index (χ1) is 17.0. The summed E-state index contributed by atoms with van der Waals surface area (Å²) in [5, 5.41) is 0. The Morgan fingerprint density at radius 1 is 0.857 bits per heavy atom. The number of anilines is 1. The highest BCUT2D eigenvalue weighted by molar-refractivity contribution is 5.95. The van der Waals surface area contributed by atoms with Crippen LogP contribution in [0, 0.1) is 5.82 Å². The maximum absolute atomic E-state index is 13.9. The smallest absolute Gasteiger partial charge is 0.253 e. The highest BCUT2D eigenvalue weighted by atomic mass is 19.1. The molecule has 2 heterocycles. The van der Waals surface area contributed by atoms with E-state index in [1.165, 1.54) is 12.1 Å². The van der Waals surface area contributed by atoms with E-state index in [1.807, 2.05) is 65.6 Å². The molecule has 2 aliphatic rings. The van der Waals surface area contributed by atoms with Crippen molar-refractivity contribution >= 4 is 17.5 Å². The van der Waals surface area contributed by atoms with Crippen LogP contribution in [0.15, 0.2) is 84.9 Å². The summed E-state index contributed by atoms with van der Waals surface area (Å²) in [7, 11) is 0. The second-order valence-electron chi connectivity index (χ2n) is 9.36.